The molecule has 1 aromatic carbocycles. The fraction of sp³-hybridized carbons (Fsp3) is 0.571. The van der Waals surface area contributed by atoms with Crippen LogP contribution in [0.2, 0.25) is 0 Å². The molecule has 1 aromatic rings. The van der Waals surface area contributed by atoms with Crippen LogP contribution < -0.4 is 0 Å². The number of hydrogen-bond acceptors (Lipinski definition) is 1. The Balaban J connectivity index is 2.32. The van der Waals surface area contributed by atoms with Gasteiger partial charge < -0.3 is 4.74 Å². The summed E-state index contributed by atoms with van der Waals surface area (Å²) in [5.41, 5.74) is 1.59. The normalized spacial score (nSPS) is 13.9. The van der Waals surface area contributed by atoms with Crippen molar-refractivity contribution in [3.05, 3.63) is 35.9 Å². The summed E-state index contributed by atoms with van der Waals surface area (Å²) in [6.45, 7) is 9.60. The van der Waals surface area contributed by atoms with E-state index in [1.165, 1.54) is 5.56 Å². The van der Waals surface area contributed by atoms with Crippen molar-refractivity contribution >= 4 is 0 Å². The standard InChI is InChI=1S/C14H22O/c1-12(10-14(2,3)4)15-11-13-8-6-5-7-9-13/h5-9,12H,10-11H2,1-4H3. The maximum atomic E-state index is 5.80. The third kappa shape index (κ3) is 5.58. The first-order valence-electron chi connectivity index (χ1n) is 5.63. The van der Waals surface area contributed by atoms with E-state index in [9.17, 15) is 0 Å². The summed E-state index contributed by atoms with van der Waals surface area (Å²) in [5.74, 6) is 0. The molecule has 0 saturated carbocycles. The predicted octanol–water partition coefficient (Wildman–Crippen LogP) is 4.03. The lowest BCUT2D eigenvalue weighted by Gasteiger charge is -2.23. The lowest BCUT2D eigenvalue weighted by molar-refractivity contribution is 0.0267. The Hall–Kier alpha value is -0.820. The highest BCUT2D eigenvalue weighted by molar-refractivity contribution is 5.13. The molecule has 0 saturated heterocycles. The Morgan fingerprint density at radius 2 is 1.73 bits per heavy atom. The van der Waals surface area contributed by atoms with E-state index in [-0.39, 0.29) is 0 Å². The second-order valence-electron chi connectivity index (χ2n) is 5.37. The van der Waals surface area contributed by atoms with Crippen LogP contribution in [0.4, 0.5) is 0 Å². The molecule has 84 valence electrons. The van der Waals surface area contributed by atoms with Crippen LogP contribution >= 0.6 is 0 Å². The molecule has 0 aliphatic carbocycles. The van der Waals surface area contributed by atoms with Crippen LogP contribution in [0, 0.1) is 5.41 Å². The summed E-state index contributed by atoms with van der Waals surface area (Å²) in [5, 5.41) is 0. The minimum atomic E-state index is 0.324. The van der Waals surface area contributed by atoms with Gasteiger partial charge in [0.1, 0.15) is 0 Å². The van der Waals surface area contributed by atoms with Crippen molar-refractivity contribution in [2.24, 2.45) is 5.41 Å². The maximum absolute atomic E-state index is 5.80. The van der Waals surface area contributed by atoms with Crippen LogP contribution in [0.1, 0.15) is 39.7 Å². The summed E-state index contributed by atoms with van der Waals surface area (Å²) in [4.78, 5) is 0. The van der Waals surface area contributed by atoms with Crippen LogP contribution in [0.25, 0.3) is 0 Å². The molecule has 1 nitrogen and oxygen atoms in total. The van der Waals surface area contributed by atoms with Gasteiger partial charge in [-0.25, -0.2) is 0 Å². The van der Waals surface area contributed by atoms with Gasteiger partial charge in [0.05, 0.1) is 12.7 Å². The van der Waals surface area contributed by atoms with Gasteiger partial charge in [-0.15, -0.1) is 0 Å². The highest BCUT2D eigenvalue weighted by Crippen LogP contribution is 2.22. The fourth-order valence-corrected chi connectivity index (χ4v) is 1.73. The maximum Gasteiger partial charge on any atom is 0.0720 e. The van der Waals surface area contributed by atoms with Gasteiger partial charge in [-0.05, 0) is 24.3 Å². The molecule has 0 N–H and O–H groups in total. The zero-order valence-electron chi connectivity index (χ0n) is 10.3. The van der Waals surface area contributed by atoms with Crippen molar-refractivity contribution in [3.8, 4) is 0 Å². The van der Waals surface area contributed by atoms with Crippen LogP contribution in [0.15, 0.2) is 30.3 Å². The van der Waals surface area contributed by atoms with Gasteiger partial charge in [0.15, 0.2) is 0 Å². The zero-order chi connectivity index (χ0) is 11.3. The van der Waals surface area contributed by atoms with Crippen LogP contribution in [0.3, 0.4) is 0 Å². The molecule has 0 spiro atoms. The van der Waals surface area contributed by atoms with E-state index in [1.54, 1.807) is 0 Å². The van der Waals surface area contributed by atoms with Gasteiger partial charge in [0.25, 0.3) is 0 Å². The SMILES string of the molecule is CC(CC(C)(C)C)OCc1ccccc1. The second-order valence-corrected chi connectivity index (χ2v) is 5.37. The molecular weight excluding hydrogens is 184 g/mol. The zero-order valence-corrected chi connectivity index (χ0v) is 10.3. The molecule has 15 heavy (non-hydrogen) atoms. The average Bonchev–Trinajstić information content (AvgIpc) is 2.14. The predicted molar refractivity (Wildman–Crippen MR) is 64.8 cm³/mol. The van der Waals surface area contributed by atoms with Gasteiger partial charge in [-0.2, -0.15) is 0 Å². The third-order valence-corrected chi connectivity index (χ3v) is 2.28. The molecule has 1 unspecified atom stereocenters. The van der Waals surface area contributed by atoms with Crippen LogP contribution in [-0.2, 0) is 11.3 Å². The van der Waals surface area contributed by atoms with Gasteiger partial charge in [0.2, 0.25) is 0 Å². The van der Waals surface area contributed by atoms with E-state index in [1.807, 2.05) is 18.2 Å². The summed E-state index contributed by atoms with van der Waals surface area (Å²) >= 11 is 0. The number of benzene rings is 1. The highest BCUT2D eigenvalue weighted by atomic mass is 16.5. The lowest BCUT2D eigenvalue weighted by atomic mass is 9.90. The third-order valence-electron chi connectivity index (χ3n) is 2.28. The van der Waals surface area contributed by atoms with E-state index in [0.29, 0.717) is 11.5 Å². The molecule has 0 aromatic heterocycles. The molecule has 1 atom stereocenters. The van der Waals surface area contributed by atoms with Crippen molar-refractivity contribution in [1.82, 2.24) is 0 Å². The first-order valence-corrected chi connectivity index (χ1v) is 5.63. The lowest BCUT2D eigenvalue weighted by Crippen LogP contribution is -2.17. The quantitative estimate of drug-likeness (QED) is 0.722. The Bertz CT molecular complexity index is 271. The van der Waals surface area contributed by atoms with Crippen molar-refractivity contribution in [1.29, 1.82) is 0 Å². The number of ether oxygens (including phenoxy) is 1. The number of hydrogen-bond donors (Lipinski definition) is 0. The largest absolute Gasteiger partial charge is 0.374 e. The van der Waals surface area contributed by atoms with Crippen molar-refractivity contribution in [2.45, 2.75) is 46.8 Å². The monoisotopic (exact) mass is 206 g/mol. The van der Waals surface area contributed by atoms with Gasteiger partial charge in [-0.1, -0.05) is 51.1 Å². The second kappa shape index (κ2) is 5.32. The van der Waals surface area contributed by atoms with E-state index >= 15 is 0 Å². The Labute approximate surface area is 93.5 Å². The van der Waals surface area contributed by atoms with Gasteiger partial charge in [0, 0.05) is 0 Å². The molecule has 0 aliphatic heterocycles. The molecule has 0 aliphatic rings. The van der Waals surface area contributed by atoms with E-state index in [2.05, 4.69) is 39.8 Å². The van der Waals surface area contributed by atoms with E-state index in [0.717, 1.165) is 13.0 Å². The summed E-state index contributed by atoms with van der Waals surface area (Å²) in [6, 6.07) is 10.3. The first kappa shape index (κ1) is 12.3. The topological polar surface area (TPSA) is 9.23 Å². The van der Waals surface area contributed by atoms with E-state index in [4.69, 9.17) is 4.74 Å². The molecule has 0 heterocycles. The van der Waals surface area contributed by atoms with Gasteiger partial charge >= 0.3 is 0 Å². The summed E-state index contributed by atoms with van der Waals surface area (Å²) in [6.07, 6.45) is 1.42. The minimum absolute atomic E-state index is 0.324. The minimum Gasteiger partial charge on any atom is -0.374 e. The van der Waals surface area contributed by atoms with Crippen LogP contribution in [-0.4, -0.2) is 6.10 Å². The molecule has 0 radical (unpaired) electrons. The fourth-order valence-electron chi connectivity index (χ4n) is 1.73. The molecule has 0 bridgehead atoms. The highest BCUT2D eigenvalue weighted by Gasteiger charge is 2.15. The smallest absolute Gasteiger partial charge is 0.0720 e. The first-order chi connectivity index (χ1) is 6.97. The molecule has 0 fully saturated rings. The van der Waals surface area contributed by atoms with Crippen molar-refractivity contribution in [2.75, 3.05) is 0 Å². The molecular formula is C14H22O. The van der Waals surface area contributed by atoms with Gasteiger partial charge in [-0.3, -0.25) is 0 Å². The van der Waals surface area contributed by atoms with E-state index < -0.39 is 0 Å². The Kier molecular flexibility index (Phi) is 4.34. The summed E-state index contributed by atoms with van der Waals surface area (Å²) in [7, 11) is 0. The Morgan fingerprint density at radius 3 is 2.27 bits per heavy atom. The van der Waals surface area contributed by atoms with Crippen molar-refractivity contribution in [3.63, 3.8) is 0 Å². The average molecular weight is 206 g/mol. The number of rotatable bonds is 4. The van der Waals surface area contributed by atoms with Crippen LogP contribution in [0.5, 0.6) is 0 Å². The van der Waals surface area contributed by atoms with Crippen molar-refractivity contribution < 1.29 is 4.74 Å². The molecule has 1 rings (SSSR count). The molecule has 0 amide bonds. The summed E-state index contributed by atoms with van der Waals surface area (Å²) < 4.78 is 5.80. The molecule has 1 heteroatoms. The Morgan fingerprint density at radius 1 is 1.13 bits per heavy atom.